The average Bonchev–Trinajstić information content (AvgIpc) is 2.25. The first-order chi connectivity index (χ1) is 7.54. The van der Waals surface area contributed by atoms with Crippen LogP contribution >= 0.6 is 0 Å². The van der Waals surface area contributed by atoms with Gasteiger partial charge in [-0.25, -0.2) is 0 Å². The maximum atomic E-state index is 12.2. The molecule has 0 spiro atoms. The molecule has 0 aliphatic carbocycles. The third-order valence-electron chi connectivity index (χ3n) is 3.45. The van der Waals surface area contributed by atoms with E-state index in [2.05, 4.69) is 26.1 Å². The number of hydrogen-bond acceptors (Lipinski definition) is 2. The highest BCUT2D eigenvalue weighted by molar-refractivity contribution is 5.81. The molecule has 0 radical (unpaired) electrons. The normalized spacial score (nSPS) is 20.2. The topological polar surface area (TPSA) is 32.3 Å². The number of nitrogens with one attached hydrogen (secondary N) is 1. The van der Waals surface area contributed by atoms with E-state index in [9.17, 15) is 4.79 Å². The van der Waals surface area contributed by atoms with Gasteiger partial charge in [-0.05, 0) is 38.1 Å². The highest BCUT2D eigenvalue weighted by Crippen LogP contribution is 2.17. The van der Waals surface area contributed by atoms with Crippen LogP contribution in [0, 0.1) is 11.8 Å². The number of likely N-dealkylation sites (N-methyl/N-ethyl adjacent to an activating group) is 1. The lowest BCUT2D eigenvalue weighted by Gasteiger charge is -2.33. The van der Waals surface area contributed by atoms with E-state index < -0.39 is 0 Å². The molecule has 0 aromatic rings. The molecular formula is C13H26N2O. The predicted octanol–water partition coefficient (Wildman–Crippen LogP) is 1.88. The van der Waals surface area contributed by atoms with Crippen molar-refractivity contribution in [1.29, 1.82) is 0 Å². The van der Waals surface area contributed by atoms with Gasteiger partial charge in [0.05, 0.1) is 6.04 Å². The summed E-state index contributed by atoms with van der Waals surface area (Å²) < 4.78 is 0. The van der Waals surface area contributed by atoms with E-state index in [-0.39, 0.29) is 6.04 Å². The molecule has 0 bridgehead atoms. The maximum absolute atomic E-state index is 12.2. The van der Waals surface area contributed by atoms with Gasteiger partial charge in [0.25, 0.3) is 0 Å². The molecule has 0 aromatic carbocycles. The van der Waals surface area contributed by atoms with Gasteiger partial charge in [-0.2, -0.15) is 0 Å². The second-order valence-electron chi connectivity index (χ2n) is 5.48. The lowest BCUT2D eigenvalue weighted by atomic mass is 9.97. The van der Waals surface area contributed by atoms with Crippen molar-refractivity contribution >= 4 is 5.91 Å². The Balaban J connectivity index is 2.48. The standard InChI is InChI=1S/C13H26N2O/c1-10(2)9-12(14-4)13(16)15-7-5-11(3)6-8-15/h10-12,14H,5-9H2,1-4H3. The zero-order valence-electron chi connectivity index (χ0n) is 11.1. The Bertz CT molecular complexity index is 220. The van der Waals surface area contributed by atoms with Crippen molar-refractivity contribution in [3.8, 4) is 0 Å². The summed E-state index contributed by atoms with van der Waals surface area (Å²) in [5, 5.41) is 3.15. The first-order valence-corrected chi connectivity index (χ1v) is 6.50. The molecule has 1 heterocycles. The Morgan fingerprint density at radius 1 is 1.38 bits per heavy atom. The van der Waals surface area contributed by atoms with Crippen molar-refractivity contribution in [3.05, 3.63) is 0 Å². The van der Waals surface area contributed by atoms with E-state index in [0.29, 0.717) is 11.8 Å². The summed E-state index contributed by atoms with van der Waals surface area (Å²) in [4.78, 5) is 14.3. The number of amides is 1. The number of likely N-dealkylation sites (tertiary alicyclic amines) is 1. The monoisotopic (exact) mass is 226 g/mol. The van der Waals surface area contributed by atoms with Crippen LogP contribution in [0.25, 0.3) is 0 Å². The molecule has 1 atom stereocenters. The van der Waals surface area contributed by atoms with Crippen LogP contribution in [0.15, 0.2) is 0 Å². The molecule has 0 saturated carbocycles. The minimum absolute atomic E-state index is 0.00778. The van der Waals surface area contributed by atoms with Gasteiger partial charge in [0.2, 0.25) is 5.91 Å². The Hall–Kier alpha value is -0.570. The van der Waals surface area contributed by atoms with Gasteiger partial charge < -0.3 is 10.2 Å². The summed E-state index contributed by atoms with van der Waals surface area (Å²) in [5.74, 6) is 1.63. The van der Waals surface area contributed by atoms with Crippen LogP contribution in [0.3, 0.4) is 0 Å². The third-order valence-corrected chi connectivity index (χ3v) is 3.45. The molecule has 1 fully saturated rings. The Morgan fingerprint density at radius 2 is 1.94 bits per heavy atom. The largest absolute Gasteiger partial charge is 0.341 e. The molecule has 1 saturated heterocycles. The minimum atomic E-state index is 0.00778. The number of piperidine rings is 1. The van der Waals surface area contributed by atoms with E-state index in [1.165, 1.54) is 0 Å². The van der Waals surface area contributed by atoms with Gasteiger partial charge in [-0.3, -0.25) is 4.79 Å². The van der Waals surface area contributed by atoms with E-state index in [4.69, 9.17) is 0 Å². The van der Waals surface area contributed by atoms with Crippen LogP contribution in [0.1, 0.15) is 40.0 Å². The molecule has 1 unspecified atom stereocenters. The summed E-state index contributed by atoms with van der Waals surface area (Å²) >= 11 is 0. The van der Waals surface area contributed by atoms with Crippen LogP contribution in [0.4, 0.5) is 0 Å². The second-order valence-corrected chi connectivity index (χ2v) is 5.48. The fourth-order valence-electron chi connectivity index (χ4n) is 2.26. The Morgan fingerprint density at radius 3 is 2.38 bits per heavy atom. The molecule has 16 heavy (non-hydrogen) atoms. The molecule has 1 aliphatic heterocycles. The van der Waals surface area contributed by atoms with Crippen molar-refractivity contribution in [3.63, 3.8) is 0 Å². The molecule has 3 nitrogen and oxygen atoms in total. The van der Waals surface area contributed by atoms with Crippen molar-refractivity contribution in [2.45, 2.75) is 46.1 Å². The van der Waals surface area contributed by atoms with Crippen molar-refractivity contribution in [2.75, 3.05) is 20.1 Å². The van der Waals surface area contributed by atoms with E-state index in [1.807, 2.05) is 11.9 Å². The van der Waals surface area contributed by atoms with Gasteiger partial charge in [0.1, 0.15) is 0 Å². The van der Waals surface area contributed by atoms with Crippen LogP contribution in [-0.4, -0.2) is 37.0 Å². The molecule has 1 amide bonds. The minimum Gasteiger partial charge on any atom is -0.341 e. The molecule has 1 rings (SSSR count). The maximum Gasteiger partial charge on any atom is 0.239 e. The van der Waals surface area contributed by atoms with Crippen molar-refractivity contribution < 1.29 is 4.79 Å². The molecule has 94 valence electrons. The number of carbonyl (C=O) groups excluding carboxylic acids is 1. The summed E-state index contributed by atoms with van der Waals surface area (Å²) in [7, 11) is 1.89. The van der Waals surface area contributed by atoms with E-state index >= 15 is 0 Å². The molecular weight excluding hydrogens is 200 g/mol. The third kappa shape index (κ3) is 3.78. The van der Waals surface area contributed by atoms with Gasteiger partial charge in [0.15, 0.2) is 0 Å². The zero-order chi connectivity index (χ0) is 12.1. The van der Waals surface area contributed by atoms with Gasteiger partial charge in [-0.1, -0.05) is 20.8 Å². The highest BCUT2D eigenvalue weighted by Gasteiger charge is 2.26. The number of carbonyl (C=O) groups is 1. The molecule has 1 N–H and O–H groups in total. The van der Waals surface area contributed by atoms with Crippen LogP contribution in [-0.2, 0) is 4.79 Å². The first kappa shape index (κ1) is 13.5. The average molecular weight is 226 g/mol. The van der Waals surface area contributed by atoms with Gasteiger partial charge >= 0.3 is 0 Å². The lowest BCUT2D eigenvalue weighted by Crippen LogP contribution is -2.48. The number of rotatable bonds is 4. The second kappa shape index (κ2) is 6.24. The van der Waals surface area contributed by atoms with Gasteiger partial charge in [-0.15, -0.1) is 0 Å². The highest BCUT2D eigenvalue weighted by atomic mass is 16.2. The fraction of sp³-hybridized carbons (Fsp3) is 0.923. The fourth-order valence-corrected chi connectivity index (χ4v) is 2.26. The van der Waals surface area contributed by atoms with Crippen LogP contribution in [0.2, 0.25) is 0 Å². The van der Waals surface area contributed by atoms with Gasteiger partial charge in [0, 0.05) is 13.1 Å². The Labute approximate surface area is 99.6 Å². The van der Waals surface area contributed by atoms with Crippen molar-refractivity contribution in [2.24, 2.45) is 11.8 Å². The summed E-state index contributed by atoms with van der Waals surface area (Å²) in [6, 6.07) is 0.00778. The summed E-state index contributed by atoms with van der Waals surface area (Å²) in [5.41, 5.74) is 0. The quantitative estimate of drug-likeness (QED) is 0.794. The Kier molecular flexibility index (Phi) is 5.26. The van der Waals surface area contributed by atoms with Crippen LogP contribution < -0.4 is 5.32 Å². The van der Waals surface area contributed by atoms with E-state index in [1.54, 1.807) is 0 Å². The van der Waals surface area contributed by atoms with Crippen molar-refractivity contribution in [1.82, 2.24) is 10.2 Å². The first-order valence-electron chi connectivity index (χ1n) is 6.50. The van der Waals surface area contributed by atoms with E-state index in [0.717, 1.165) is 38.3 Å². The zero-order valence-corrected chi connectivity index (χ0v) is 11.1. The molecule has 0 aromatic heterocycles. The predicted molar refractivity (Wildman–Crippen MR) is 67.3 cm³/mol. The molecule has 1 aliphatic rings. The SMILES string of the molecule is CNC(CC(C)C)C(=O)N1CCC(C)CC1. The summed E-state index contributed by atoms with van der Waals surface area (Å²) in [6.45, 7) is 8.48. The summed E-state index contributed by atoms with van der Waals surface area (Å²) in [6.07, 6.45) is 3.25. The number of nitrogens with zero attached hydrogens (tertiary/aromatic N) is 1. The molecule has 3 heteroatoms. The number of hydrogen-bond donors (Lipinski definition) is 1. The smallest absolute Gasteiger partial charge is 0.239 e. The van der Waals surface area contributed by atoms with Crippen LogP contribution in [0.5, 0.6) is 0 Å². The lowest BCUT2D eigenvalue weighted by molar-refractivity contribution is -0.135.